The fourth-order valence-corrected chi connectivity index (χ4v) is 5.45. The van der Waals surface area contributed by atoms with Crippen LogP contribution in [0.4, 0.5) is 0 Å². The van der Waals surface area contributed by atoms with Gasteiger partial charge in [-0.3, -0.25) is 18.7 Å². The fraction of sp³-hybridized carbons (Fsp3) is 0.524. The molecule has 4 atom stereocenters. The zero-order chi connectivity index (χ0) is 21.9. The van der Waals surface area contributed by atoms with Gasteiger partial charge in [0, 0.05) is 44.2 Å². The maximum Gasteiger partial charge on any atom is 0.332 e. The molecule has 0 radical (unpaired) electrons. The SMILES string of the molecule is Cn1c(=O)c2c(ncn2CC(O)C[NH+]2CC3CC(C2)c2cccc(=O)n2C3)n(C)c1=O.[Cl-]. The predicted octanol–water partition coefficient (Wildman–Crippen LogP) is -5.34. The van der Waals surface area contributed by atoms with E-state index in [1.165, 1.54) is 22.8 Å². The van der Waals surface area contributed by atoms with E-state index >= 15 is 0 Å². The van der Waals surface area contributed by atoms with E-state index in [1.54, 1.807) is 17.7 Å². The molecule has 2 aliphatic rings. The van der Waals surface area contributed by atoms with E-state index in [-0.39, 0.29) is 24.5 Å². The largest absolute Gasteiger partial charge is 1.00 e. The Kier molecular flexibility index (Phi) is 5.87. The Balaban J connectivity index is 0.00000245. The van der Waals surface area contributed by atoms with Gasteiger partial charge >= 0.3 is 5.69 Å². The van der Waals surface area contributed by atoms with Gasteiger partial charge in [0.2, 0.25) is 0 Å². The maximum absolute atomic E-state index is 12.6. The predicted molar refractivity (Wildman–Crippen MR) is 113 cm³/mol. The van der Waals surface area contributed by atoms with Crippen LogP contribution >= 0.6 is 0 Å². The Morgan fingerprint density at radius 1 is 1.19 bits per heavy atom. The number of aryl methyl sites for hydroxylation is 1. The van der Waals surface area contributed by atoms with E-state index in [0.29, 0.717) is 29.5 Å². The van der Waals surface area contributed by atoms with Gasteiger partial charge in [-0.1, -0.05) is 6.07 Å². The van der Waals surface area contributed by atoms with Crippen molar-refractivity contribution in [2.75, 3.05) is 19.6 Å². The lowest BCUT2D eigenvalue weighted by atomic mass is 9.83. The molecule has 10 nitrogen and oxygen atoms in total. The van der Waals surface area contributed by atoms with Gasteiger partial charge in [0.25, 0.3) is 11.1 Å². The van der Waals surface area contributed by atoms with E-state index in [4.69, 9.17) is 0 Å². The molecule has 32 heavy (non-hydrogen) atoms. The number of aliphatic hydroxyl groups excluding tert-OH is 1. The number of aromatic nitrogens is 5. The molecule has 2 bridgehead atoms. The molecule has 0 saturated carbocycles. The van der Waals surface area contributed by atoms with Crippen LogP contribution in [0, 0.1) is 5.92 Å². The van der Waals surface area contributed by atoms with E-state index in [9.17, 15) is 19.5 Å². The maximum atomic E-state index is 12.6. The number of nitrogens with zero attached hydrogens (tertiary/aromatic N) is 5. The number of hydrogen-bond donors (Lipinski definition) is 2. The Morgan fingerprint density at radius 2 is 1.97 bits per heavy atom. The number of imidazole rings is 1. The second-order valence-electron chi connectivity index (χ2n) is 8.99. The first-order valence-electron chi connectivity index (χ1n) is 10.7. The molecular formula is C21H27ClN6O4. The van der Waals surface area contributed by atoms with Gasteiger partial charge in [0.05, 0.1) is 26.0 Å². The van der Waals surface area contributed by atoms with Gasteiger partial charge in [-0.05, 0) is 12.5 Å². The molecule has 172 valence electrons. The third-order valence-corrected chi connectivity index (χ3v) is 6.82. The number of pyridine rings is 1. The van der Waals surface area contributed by atoms with Crippen LogP contribution in [-0.4, -0.2) is 54.1 Å². The van der Waals surface area contributed by atoms with E-state index in [1.807, 2.05) is 16.7 Å². The molecule has 3 aromatic heterocycles. The number of hydrogen-bond acceptors (Lipinski definition) is 5. The molecule has 2 aliphatic heterocycles. The first-order valence-corrected chi connectivity index (χ1v) is 10.7. The van der Waals surface area contributed by atoms with Crippen LogP contribution < -0.4 is 34.1 Å². The summed E-state index contributed by atoms with van der Waals surface area (Å²) < 4.78 is 5.95. The van der Waals surface area contributed by atoms with Crippen LogP contribution in [0.1, 0.15) is 18.0 Å². The average molecular weight is 463 g/mol. The van der Waals surface area contributed by atoms with E-state index in [0.717, 1.165) is 36.3 Å². The first kappa shape index (κ1) is 22.5. The van der Waals surface area contributed by atoms with Crippen molar-refractivity contribution in [1.29, 1.82) is 0 Å². The Hall–Kier alpha value is -2.69. The van der Waals surface area contributed by atoms with Crippen molar-refractivity contribution in [1.82, 2.24) is 23.3 Å². The Labute approximate surface area is 189 Å². The van der Waals surface area contributed by atoms with Crippen LogP contribution in [0.3, 0.4) is 0 Å². The average Bonchev–Trinajstić information content (AvgIpc) is 3.15. The highest BCUT2D eigenvalue weighted by atomic mass is 35.5. The minimum Gasteiger partial charge on any atom is -1.00 e. The summed E-state index contributed by atoms with van der Waals surface area (Å²) in [6.07, 6.45) is 1.93. The third-order valence-electron chi connectivity index (χ3n) is 6.82. The molecule has 1 saturated heterocycles. The van der Waals surface area contributed by atoms with Gasteiger partial charge in [-0.15, -0.1) is 0 Å². The van der Waals surface area contributed by atoms with Crippen molar-refractivity contribution < 1.29 is 22.4 Å². The second kappa shape index (κ2) is 8.34. The minimum absolute atomic E-state index is 0. The molecule has 0 spiro atoms. The molecule has 5 rings (SSSR count). The summed E-state index contributed by atoms with van der Waals surface area (Å²) in [7, 11) is 3.02. The normalized spacial score (nSPS) is 22.9. The van der Waals surface area contributed by atoms with Crippen molar-refractivity contribution in [3.8, 4) is 0 Å². The van der Waals surface area contributed by atoms with Gasteiger partial charge in [-0.2, -0.15) is 0 Å². The molecule has 0 aromatic carbocycles. The second-order valence-corrected chi connectivity index (χ2v) is 8.99. The van der Waals surface area contributed by atoms with E-state index < -0.39 is 17.4 Å². The lowest BCUT2D eigenvalue weighted by molar-refractivity contribution is -0.914. The van der Waals surface area contributed by atoms with Crippen LogP contribution in [0.25, 0.3) is 11.2 Å². The number of likely N-dealkylation sites (tertiary alicyclic amines) is 1. The molecule has 0 aliphatic carbocycles. The lowest BCUT2D eigenvalue weighted by Crippen LogP contribution is -3.15. The monoisotopic (exact) mass is 462 g/mol. The highest BCUT2D eigenvalue weighted by molar-refractivity contribution is 5.69. The van der Waals surface area contributed by atoms with Crippen molar-refractivity contribution in [3.63, 3.8) is 0 Å². The zero-order valence-electron chi connectivity index (χ0n) is 18.1. The fourth-order valence-electron chi connectivity index (χ4n) is 5.45. The smallest absolute Gasteiger partial charge is 0.332 e. The van der Waals surface area contributed by atoms with Crippen molar-refractivity contribution in [2.45, 2.75) is 31.5 Å². The number of nitrogens with one attached hydrogen (secondary N) is 1. The number of piperidine rings is 1. The summed E-state index contributed by atoms with van der Waals surface area (Å²) in [4.78, 5) is 42.4. The molecule has 3 aromatic rings. The first-order chi connectivity index (χ1) is 14.8. The molecule has 2 N–H and O–H groups in total. The van der Waals surface area contributed by atoms with Gasteiger partial charge in [-0.25, -0.2) is 9.78 Å². The topological polar surface area (TPSA) is 108 Å². The summed E-state index contributed by atoms with van der Waals surface area (Å²) >= 11 is 0. The van der Waals surface area contributed by atoms with Gasteiger partial charge in [0.1, 0.15) is 12.6 Å². The molecule has 0 amide bonds. The summed E-state index contributed by atoms with van der Waals surface area (Å²) in [6.45, 7) is 3.31. The van der Waals surface area contributed by atoms with Crippen LogP contribution in [0.15, 0.2) is 38.9 Å². The van der Waals surface area contributed by atoms with Gasteiger partial charge < -0.3 is 31.5 Å². The molecule has 1 fully saturated rings. The summed E-state index contributed by atoms with van der Waals surface area (Å²) in [6, 6.07) is 5.49. The quantitative estimate of drug-likeness (QED) is 0.402. The standard InChI is InChI=1S/C21H26N6O4.ClH/c1-23-19-18(20(30)24(2)21(23)31)26(12-22-19)11-15(28)10-25-7-13-6-14(9-25)16-4-3-5-17(29)27(16)8-13;/h3-5,12-15,28H,6-11H2,1-2H3;1H. The van der Waals surface area contributed by atoms with E-state index in [2.05, 4.69) is 4.98 Å². The molecule has 11 heteroatoms. The highest BCUT2D eigenvalue weighted by Gasteiger charge is 2.37. The van der Waals surface area contributed by atoms with Crippen LogP contribution in [0.5, 0.6) is 0 Å². The van der Waals surface area contributed by atoms with Gasteiger partial charge in [0.15, 0.2) is 11.2 Å². The zero-order valence-corrected chi connectivity index (χ0v) is 18.8. The number of fused-ring (bicyclic) bond motifs is 5. The molecule has 5 heterocycles. The molecule has 4 unspecified atom stereocenters. The summed E-state index contributed by atoms with van der Waals surface area (Å²) in [5.41, 5.74) is 0.973. The summed E-state index contributed by atoms with van der Waals surface area (Å²) in [5.74, 6) is 0.740. The molecular weight excluding hydrogens is 436 g/mol. The van der Waals surface area contributed by atoms with Crippen LogP contribution in [-0.2, 0) is 27.2 Å². The van der Waals surface area contributed by atoms with Crippen molar-refractivity contribution >= 4 is 11.2 Å². The Morgan fingerprint density at radius 3 is 2.75 bits per heavy atom. The number of halogens is 1. The van der Waals surface area contributed by atoms with Crippen molar-refractivity contribution in [3.05, 3.63) is 61.4 Å². The number of quaternary nitrogens is 1. The highest BCUT2D eigenvalue weighted by Crippen LogP contribution is 2.30. The minimum atomic E-state index is -0.661. The number of rotatable bonds is 4. The van der Waals surface area contributed by atoms with Crippen molar-refractivity contribution in [2.24, 2.45) is 20.0 Å². The summed E-state index contributed by atoms with van der Waals surface area (Å²) in [5, 5.41) is 10.8. The number of aliphatic hydroxyl groups is 1. The lowest BCUT2D eigenvalue weighted by Gasteiger charge is -2.40. The Bertz CT molecular complexity index is 1340. The third kappa shape index (κ3) is 3.62. The van der Waals surface area contributed by atoms with Crippen LogP contribution in [0.2, 0.25) is 0 Å².